The summed E-state index contributed by atoms with van der Waals surface area (Å²) in [5.74, 6) is -0.121. The van der Waals surface area contributed by atoms with Gasteiger partial charge in [-0.3, -0.25) is 9.59 Å². The van der Waals surface area contributed by atoms with Crippen molar-refractivity contribution in [2.24, 2.45) is 11.1 Å². The number of fused-ring (bicyclic) bond motifs is 1. The van der Waals surface area contributed by atoms with E-state index in [1.165, 1.54) is 0 Å². The highest BCUT2D eigenvalue weighted by Crippen LogP contribution is 2.20. The number of hydrogen-bond donors (Lipinski definition) is 2. The van der Waals surface area contributed by atoms with Crippen molar-refractivity contribution >= 4 is 28.3 Å². The molecule has 6 nitrogen and oxygen atoms in total. The standard InChI is InChI=1S/C27H33N3O3/c1-4-10-26(31)24(16-21-17-28-23-14-9-8-13-22(21)23)29-27(32)25(15-19(2)3)30-33-18-20-11-6-5-7-12-20/h5-9,11-14,17,19,24,28H,4,10,15-16,18H2,1-3H3,(H,29,32). The van der Waals surface area contributed by atoms with Gasteiger partial charge in [-0.2, -0.15) is 0 Å². The van der Waals surface area contributed by atoms with Crippen molar-refractivity contribution in [1.82, 2.24) is 10.3 Å². The minimum Gasteiger partial charge on any atom is -0.391 e. The van der Waals surface area contributed by atoms with Crippen molar-refractivity contribution in [2.45, 2.75) is 59.1 Å². The maximum Gasteiger partial charge on any atom is 0.269 e. The molecule has 0 fully saturated rings. The highest BCUT2D eigenvalue weighted by Gasteiger charge is 2.24. The van der Waals surface area contributed by atoms with Gasteiger partial charge in [-0.15, -0.1) is 0 Å². The van der Waals surface area contributed by atoms with E-state index in [4.69, 9.17) is 4.84 Å². The Morgan fingerprint density at radius 3 is 2.52 bits per heavy atom. The summed E-state index contributed by atoms with van der Waals surface area (Å²) >= 11 is 0. The molecule has 174 valence electrons. The number of aromatic amines is 1. The molecule has 1 aromatic heterocycles. The number of benzene rings is 2. The Labute approximate surface area is 195 Å². The van der Waals surface area contributed by atoms with Crippen LogP contribution in [0.25, 0.3) is 10.9 Å². The molecule has 3 rings (SSSR count). The Hall–Kier alpha value is -3.41. The van der Waals surface area contributed by atoms with Crippen LogP contribution in [0, 0.1) is 5.92 Å². The van der Waals surface area contributed by atoms with Crippen LogP contribution < -0.4 is 5.32 Å². The number of nitrogens with one attached hydrogen (secondary N) is 2. The quantitative estimate of drug-likeness (QED) is 0.296. The molecule has 0 aliphatic heterocycles. The predicted octanol–water partition coefficient (Wildman–Crippen LogP) is 5.18. The van der Waals surface area contributed by atoms with Crippen molar-refractivity contribution in [3.8, 4) is 0 Å². The second-order valence-electron chi connectivity index (χ2n) is 8.70. The van der Waals surface area contributed by atoms with Crippen LogP contribution in [0.5, 0.6) is 0 Å². The lowest BCUT2D eigenvalue weighted by molar-refractivity contribution is -0.125. The molecule has 0 radical (unpaired) electrons. The summed E-state index contributed by atoms with van der Waals surface area (Å²) in [6, 6.07) is 17.0. The van der Waals surface area contributed by atoms with Crippen LogP contribution in [0.15, 0.2) is 65.9 Å². The summed E-state index contributed by atoms with van der Waals surface area (Å²) in [5, 5.41) is 8.16. The fourth-order valence-corrected chi connectivity index (χ4v) is 3.75. The first-order valence-corrected chi connectivity index (χ1v) is 11.6. The molecular formula is C27H33N3O3. The fourth-order valence-electron chi connectivity index (χ4n) is 3.75. The summed E-state index contributed by atoms with van der Waals surface area (Å²) in [6.07, 6.45) is 3.94. The van der Waals surface area contributed by atoms with E-state index in [9.17, 15) is 9.59 Å². The van der Waals surface area contributed by atoms with E-state index >= 15 is 0 Å². The first kappa shape index (κ1) is 24.2. The zero-order valence-corrected chi connectivity index (χ0v) is 19.6. The minimum atomic E-state index is -0.622. The lowest BCUT2D eigenvalue weighted by Crippen LogP contribution is -2.45. The van der Waals surface area contributed by atoms with E-state index in [1.54, 1.807) is 0 Å². The lowest BCUT2D eigenvalue weighted by atomic mass is 9.98. The molecule has 1 amide bonds. The number of ketones is 1. The summed E-state index contributed by atoms with van der Waals surface area (Å²) in [7, 11) is 0. The van der Waals surface area contributed by atoms with Crippen molar-refractivity contribution < 1.29 is 14.4 Å². The highest BCUT2D eigenvalue weighted by atomic mass is 16.6. The zero-order chi connectivity index (χ0) is 23.6. The molecule has 1 heterocycles. The van der Waals surface area contributed by atoms with E-state index in [0.29, 0.717) is 25.0 Å². The van der Waals surface area contributed by atoms with Gasteiger partial charge < -0.3 is 15.1 Å². The van der Waals surface area contributed by atoms with Crippen LogP contribution in [-0.2, 0) is 27.5 Å². The number of carbonyl (C=O) groups excluding carboxylic acids is 2. The van der Waals surface area contributed by atoms with E-state index in [-0.39, 0.29) is 24.2 Å². The van der Waals surface area contributed by atoms with Crippen LogP contribution in [0.1, 0.15) is 51.2 Å². The van der Waals surface area contributed by atoms with Gasteiger partial charge in [0.25, 0.3) is 5.91 Å². The number of H-pyrrole nitrogens is 1. The first-order valence-electron chi connectivity index (χ1n) is 11.6. The minimum absolute atomic E-state index is 0.0187. The Kier molecular flexibility index (Phi) is 8.81. The average molecular weight is 448 g/mol. The number of Topliss-reactive ketones (excluding diaryl/α,β-unsaturated/α-hetero) is 1. The molecule has 0 saturated heterocycles. The number of carbonyl (C=O) groups is 2. The molecule has 3 aromatic rings. The van der Waals surface area contributed by atoms with Gasteiger partial charge >= 0.3 is 0 Å². The molecule has 2 aromatic carbocycles. The molecule has 0 bridgehead atoms. The zero-order valence-electron chi connectivity index (χ0n) is 19.6. The van der Waals surface area contributed by atoms with Crippen molar-refractivity contribution in [3.63, 3.8) is 0 Å². The fraction of sp³-hybridized carbons (Fsp3) is 0.370. The van der Waals surface area contributed by atoms with E-state index in [1.807, 2.05) is 81.6 Å². The maximum atomic E-state index is 13.2. The van der Waals surface area contributed by atoms with Crippen LogP contribution >= 0.6 is 0 Å². The number of para-hydroxylation sites is 1. The van der Waals surface area contributed by atoms with Crippen molar-refractivity contribution in [3.05, 3.63) is 71.9 Å². The van der Waals surface area contributed by atoms with Gasteiger partial charge in [0.05, 0.1) is 6.04 Å². The number of rotatable bonds is 12. The largest absolute Gasteiger partial charge is 0.391 e. The second kappa shape index (κ2) is 12.0. The van der Waals surface area contributed by atoms with Gasteiger partial charge in [-0.25, -0.2) is 0 Å². The average Bonchev–Trinajstić information content (AvgIpc) is 3.21. The third-order valence-corrected chi connectivity index (χ3v) is 5.40. The summed E-state index contributed by atoms with van der Waals surface area (Å²) in [4.78, 5) is 34.8. The van der Waals surface area contributed by atoms with Gasteiger partial charge in [-0.05, 0) is 29.5 Å². The van der Waals surface area contributed by atoms with Gasteiger partial charge in [0, 0.05) is 36.4 Å². The third kappa shape index (κ3) is 7.04. The molecule has 0 spiro atoms. The van der Waals surface area contributed by atoms with Gasteiger partial charge in [-0.1, -0.05) is 74.5 Å². The lowest BCUT2D eigenvalue weighted by Gasteiger charge is -2.18. The molecule has 1 atom stereocenters. The summed E-state index contributed by atoms with van der Waals surface area (Å²) in [5.41, 5.74) is 3.29. The summed E-state index contributed by atoms with van der Waals surface area (Å²) < 4.78 is 0. The topological polar surface area (TPSA) is 83.5 Å². The Morgan fingerprint density at radius 1 is 1.06 bits per heavy atom. The van der Waals surface area contributed by atoms with Crippen LogP contribution in [0.3, 0.4) is 0 Å². The molecule has 0 aliphatic carbocycles. The van der Waals surface area contributed by atoms with Crippen LogP contribution in [-0.4, -0.2) is 28.4 Å². The Balaban J connectivity index is 1.75. The number of oxime groups is 1. The predicted molar refractivity (Wildman–Crippen MR) is 132 cm³/mol. The van der Waals surface area contributed by atoms with Crippen LogP contribution in [0.2, 0.25) is 0 Å². The second-order valence-corrected chi connectivity index (χ2v) is 8.70. The van der Waals surface area contributed by atoms with Gasteiger partial charge in [0.2, 0.25) is 0 Å². The number of aromatic nitrogens is 1. The molecule has 6 heteroatoms. The maximum absolute atomic E-state index is 13.2. The van der Waals surface area contributed by atoms with Crippen LogP contribution in [0.4, 0.5) is 0 Å². The molecule has 2 N–H and O–H groups in total. The third-order valence-electron chi connectivity index (χ3n) is 5.40. The SMILES string of the molecule is CCCC(=O)C(Cc1c[nH]c2ccccc12)NC(=O)C(CC(C)C)=NOCc1ccccc1. The van der Waals surface area contributed by atoms with E-state index in [2.05, 4.69) is 15.5 Å². The smallest absolute Gasteiger partial charge is 0.269 e. The number of hydrogen-bond acceptors (Lipinski definition) is 4. The monoisotopic (exact) mass is 447 g/mol. The van der Waals surface area contributed by atoms with Gasteiger partial charge in [0.1, 0.15) is 12.3 Å². The first-order chi connectivity index (χ1) is 16.0. The van der Waals surface area contributed by atoms with E-state index < -0.39 is 6.04 Å². The number of amides is 1. The van der Waals surface area contributed by atoms with E-state index in [0.717, 1.165) is 28.5 Å². The Bertz CT molecular complexity index is 1090. The molecule has 0 saturated carbocycles. The molecular weight excluding hydrogens is 414 g/mol. The van der Waals surface area contributed by atoms with Crippen molar-refractivity contribution in [2.75, 3.05) is 0 Å². The summed E-state index contributed by atoms with van der Waals surface area (Å²) in [6.45, 7) is 6.28. The van der Waals surface area contributed by atoms with Gasteiger partial charge in [0.15, 0.2) is 5.78 Å². The highest BCUT2D eigenvalue weighted by molar-refractivity contribution is 6.39. The normalized spacial score (nSPS) is 12.7. The van der Waals surface area contributed by atoms with Crippen molar-refractivity contribution in [1.29, 1.82) is 0 Å². The molecule has 33 heavy (non-hydrogen) atoms. The molecule has 0 aliphatic rings. The molecule has 1 unspecified atom stereocenters. The number of nitrogens with zero attached hydrogens (tertiary/aromatic N) is 1. The Morgan fingerprint density at radius 2 is 1.79 bits per heavy atom.